The van der Waals surface area contributed by atoms with Crippen LogP contribution in [-0.4, -0.2) is 69.7 Å². The molecule has 3 aromatic rings. The van der Waals surface area contributed by atoms with E-state index in [0.717, 1.165) is 51.9 Å². The minimum atomic E-state index is -3.92. The van der Waals surface area contributed by atoms with Crippen molar-refractivity contribution in [3.8, 4) is 5.75 Å². The van der Waals surface area contributed by atoms with Crippen molar-refractivity contribution >= 4 is 32.4 Å². The molecule has 9 heteroatoms. The molecule has 2 fully saturated rings. The van der Waals surface area contributed by atoms with Gasteiger partial charge in [0.2, 0.25) is 9.84 Å². The van der Waals surface area contributed by atoms with Gasteiger partial charge < -0.3 is 19.3 Å². The van der Waals surface area contributed by atoms with Crippen LogP contribution in [0.1, 0.15) is 75.6 Å². The fraction of sp³-hybridized carbons (Fsp3) is 0.515. The Morgan fingerprint density at radius 3 is 2.33 bits per heavy atom. The summed E-state index contributed by atoms with van der Waals surface area (Å²) in [6.45, 7) is 8.48. The molecule has 1 aromatic heterocycles. The number of esters is 1. The van der Waals surface area contributed by atoms with Gasteiger partial charge in [-0.15, -0.1) is 0 Å². The summed E-state index contributed by atoms with van der Waals surface area (Å²) in [5, 5.41) is 0.648. The van der Waals surface area contributed by atoms with Gasteiger partial charge in [-0.1, -0.05) is 26.2 Å². The first-order chi connectivity index (χ1) is 20.4. The van der Waals surface area contributed by atoms with Gasteiger partial charge in [-0.3, -0.25) is 4.98 Å². The maximum Gasteiger partial charge on any atom is 0.338 e. The average Bonchev–Trinajstić information content (AvgIpc) is 3.31. The zero-order chi connectivity index (χ0) is 29.5. The van der Waals surface area contributed by atoms with Gasteiger partial charge in [0, 0.05) is 30.7 Å². The molecule has 0 aliphatic carbocycles. The van der Waals surface area contributed by atoms with Crippen LogP contribution in [0.15, 0.2) is 58.5 Å². The molecule has 0 saturated carbocycles. The number of carbonyl (C=O) groups is 1. The van der Waals surface area contributed by atoms with Crippen LogP contribution in [0.25, 0.3) is 10.9 Å². The molecule has 8 nitrogen and oxygen atoms in total. The highest BCUT2D eigenvalue weighted by Gasteiger charge is 2.31. The van der Waals surface area contributed by atoms with E-state index in [0.29, 0.717) is 40.6 Å². The first-order valence-corrected chi connectivity index (χ1v) is 17.0. The van der Waals surface area contributed by atoms with Gasteiger partial charge in [-0.2, -0.15) is 0 Å². The molecule has 5 rings (SSSR count). The number of likely N-dealkylation sites (tertiary alicyclic amines) is 1. The highest BCUT2D eigenvalue weighted by molar-refractivity contribution is 7.91. The highest BCUT2D eigenvalue weighted by atomic mass is 32.2. The van der Waals surface area contributed by atoms with Gasteiger partial charge in [0.05, 0.1) is 34.9 Å². The van der Waals surface area contributed by atoms with E-state index in [9.17, 15) is 13.2 Å². The van der Waals surface area contributed by atoms with E-state index in [1.165, 1.54) is 31.9 Å². The summed E-state index contributed by atoms with van der Waals surface area (Å²) in [5.74, 6) is 0.214. The van der Waals surface area contributed by atoms with E-state index in [1.54, 1.807) is 49.4 Å². The third kappa shape index (κ3) is 6.73. The first-order valence-electron chi connectivity index (χ1n) is 15.5. The van der Waals surface area contributed by atoms with Crippen LogP contribution >= 0.6 is 0 Å². The SMILES string of the molecule is CCCCOc1ccc(S(=O)(=O)c2cnc3ccc(C(=O)OCC)cc3c2N2CCC(N3CCCCCC3)CC2)cc1. The van der Waals surface area contributed by atoms with Crippen LogP contribution in [0.2, 0.25) is 0 Å². The molecule has 0 bridgehead atoms. The van der Waals surface area contributed by atoms with Crippen LogP contribution in [0, 0.1) is 0 Å². The van der Waals surface area contributed by atoms with Crippen molar-refractivity contribution in [3.05, 3.63) is 54.2 Å². The number of carbonyl (C=O) groups excluding carboxylic acids is 1. The van der Waals surface area contributed by atoms with Crippen LogP contribution < -0.4 is 9.64 Å². The molecule has 3 heterocycles. The van der Waals surface area contributed by atoms with Crippen molar-refractivity contribution < 1.29 is 22.7 Å². The van der Waals surface area contributed by atoms with Crippen molar-refractivity contribution in [2.75, 3.05) is 44.3 Å². The number of aromatic nitrogens is 1. The van der Waals surface area contributed by atoms with Gasteiger partial charge in [0.25, 0.3) is 0 Å². The molecule has 2 saturated heterocycles. The number of benzene rings is 2. The Morgan fingerprint density at radius 2 is 1.67 bits per heavy atom. The summed E-state index contributed by atoms with van der Waals surface area (Å²) in [4.78, 5) is 22.4. The summed E-state index contributed by atoms with van der Waals surface area (Å²) in [6, 6.07) is 12.3. The lowest BCUT2D eigenvalue weighted by Gasteiger charge is -2.40. The quantitative estimate of drug-likeness (QED) is 0.201. The van der Waals surface area contributed by atoms with Gasteiger partial charge in [-0.05, 0) is 94.6 Å². The fourth-order valence-corrected chi connectivity index (χ4v) is 7.55. The largest absolute Gasteiger partial charge is 0.494 e. The zero-order valence-corrected chi connectivity index (χ0v) is 25.7. The number of sulfone groups is 1. The predicted octanol–water partition coefficient (Wildman–Crippen LogP) is 6.27. The monoisotopic (exact) mass is 593 g/mol. The van der Waals surface area contributed by atoms with Gasteiger partial charge >= 0.3 is 5.97 Å². The Bertz CT molecular complexity index is 1460. The molecule has 2 aromatic carbocycles. The molecule has 42 heavy (non-hydrogen) atoms. The van der Waals surface area contributed by atoms with Gasteiger partial charge in [0.15, 0.2) is 0 Å². The number of nitrogens with zero attached hydrogens (tertiary/aromatic N) is 3. The average molecular weight is 594 g/mol. The molecule has 2 aliphatic rings. The fourth-order valence-electron chi connectivity index (χ4n) is 6.12. The Hall–Kier alpha value is -3.17. The number of pyridine rings is 1. The molecule has 0 amide bonds. The van der Waals surface area contributed by atoms with Gasteiger partial charge in [-0.25, -0.2) is 13.2 Å². The lowest BCUT2D eigenvalue weighted by Crippen LogP contribution is -2.45. The Kier molecular flexibility index (Phi) is 10.0. The molecule has 226 valence electrons. The second-order valence-corrected chi connectivity index (χ2v) is 13.2. The minimum Gasteiger partial charge on any atom is -0.494 e. The molecule has 0 unspecified atom stereocenters. The standard InChI is InChI=1S/C33H43N3O5S/c1-3-5-22-41-27-11-13-28(14-12-27)42(38,39)31-24-34-30-15-10-25(33(37)40-4-2)23-29(30)32(31)36-20-16-26(17-21-36)35-18-8-6-7-9-19-35/h10-15,23-24,26H,3-9,16-22H2,1-2H3. The van der Waals surface area contributed by atoms with Crippen molar-refractivity contribution in [3.63, 3.8) is 0 Å². The molecule has 0 spiro atoms. The normalized spacial score (nSPS) is 17.2. The van der Waals surface area contributed by atoms with E-state index in [-0.39, 0.29) is 16.4 Å². The summed E-state index contributed by atoms with van der Waals surface area (Å²) in [6.07, 6.45) is 10.5. The van der Waals surface area contributed by atoms with E-state index < -0.39 is 15.8 Å². The Balaban J connectivity index is 1.52. The van der Waals surface area contributed by atoms with E-state index in [2.05, 4.69) is 21.7 Å². The second-order valence-electron chi connectivity index (χ2n) is 11.3. The van der Waals surface area contributed by atoms with Crippen molar-refractivity contribution in [1.29, 1.82) is 0 Å². The Morgan fingerprint density at radius 1 is 0.952 bits per heavy atom. The van der Waals surface area contributed by atoms with Crippen LogP contribution in [-0.2, 0) is 14.6 Å². The number of rotatable bonds is 10. The number of ether oxygens (including phenoxy) is 2. The van der Waals surface area contributed by atoms with Crippen LogP contribution in [0.4, 0.5) is 5.69 Å². The van der Waals surface area contributed by atoms with Crippen molar-refractivity contribution in [2.45, 2.75) is 81.0 Å². The molecule has 0 N–H and O–H groups in total. The number of piperidine rings is 1. The van der Waals surface area contributed by atoms with E-state index in [4.69, 9.17) is 9.47 Å². The third-order valence-electron chi connectivity index (χ3n) is 8.45. The summed E-state index contributed by atoms with van der Waals surface area (Å²) in [7, 11) is -3.92. The molecule has 0 atom stereocenters. The molecule has 0 radical (unpaired) electrons. The molecular weight excluding hydrogens is 550 g/mol. The van der Waals surface area contributed by atoms with E-state index in [1.807, 2.05) is 0 Å². The van der Waals surface area contributed by atoms with Crippen molar-refractivity contribution in [2.24, 2.45) is 0 Å². The van der Waals surface area contributed by atoms with Crippen LogP contribution in [0.5, 0.6) is 5.75 Å². The lowest BCUT2D eigenvalue weighted by molar-refractivity contribution is 0.0526. The number of fused-ring (bicyclic) bond motifs is 1. The Labute approximate surface area is 249 Å². The number of hydrogen-bond acceptors (Lipinski definition) is 8. The molecular formula is C33H43N3O5S. The second kappa shape index (κ2) is 13.9. The van der Waals surface area contributed by atoms with Crippen LogP contribution in [0.3, 0.4) is 0 Å². The lowest BCUT2D eigenvalue weighted by atomic mass is 10.0. The minimum absolute atomic E-state index is 0.156. The summed E-state index contributed by atoms with van der Waals surface area (Å²) >= 11 is 0. The first kappa shape index (κ1) is 30.3. The smallest absolute Gasteiger partial charge is 0.338 e. The topological polar surface area (TPSA) is 89.0 Å². The maximum atomic E-state index is 14.2. The predicted molar refractivity (Wildman–Crippen MR) is 165 cm³/mol. The summed E-state index contributed by atoms with van der Waals surface area (Å²) in [5.41, 5.74) is 1.64. The number of hydrogen-bond donors (Lipinski definition) is 0. The summed E-state index contributed by atoms with van der Waals surface area (Å²) < 4.78 is 39.4. The highest BCUT2D eigenvalue weighted by Crippen LogP contribution is 2.38. The maximum absolute atomic E-state index is 14.2. The van der Waals surface area contributed by atoms with E-state index >= 15 is 0 Å². The third-order valence-corrected chi connectivity index (χ3v) is 10.2. The zero-order valence-electron chi connectivity index (χ0n) is 24.9. The van der Waals surface area contributed by atoms with Crippen molar-refractivity contribution in [1.82, 2.24) is 9.88 Å². The number of anilines is 1. The number of unbranched alkanes of at least 4 members (excludes halogenated alkanes) is 1. The van der Waals surface area contributed by atoms with Gasteiger partial charge in [0.1, 0.15) is 10.6 Å². The molecule has 2 aliphatic heterocycles.